The molecule has 0 aromatic carbocycles. The molecule has 28 heavy (non-hydrogen) atoms. The van der Waals surface area contributed by atoms with Crippen LogP contribution in [-0.2, 0) is 14.3 Å². The van der Waals surface area contributed by atoms with E-state index in [0.29, 0.717) is 12.0 Å². The van der Waals surface area contributed by atoms with Gasteiger partial charge in [0.25, 0.3) is 0 Å². The zero-order valence-corrected chi connectivity index (χ0v) is 17.5. The number of carbonyl (C=O) groups is 1. The number of likely N-dealkylation sites (N-methyl/N-ethyl adjacent to an activating group) is 1. The van der Waals surface area contributed by atoms with Gasteiger partial charge in [-0.25, -0.2) is 4.99 Å². The smallest absolute Gasteiger partial charge is 0.243 e. The fraction of sp³-hybridized carbons (Fsp3) is 0.900. The molecule has 2 N–H and O–H groups in total. The summed E-state index contributed by atoms with van der Waals surface area (Å²) >= 11 is 0. The fourth-order valence-corrected chi connectivity index (χ4v) is 4.00. The van der Waals surface area contributed by atoms with Crippen LogP contribution >= 0.6 is 0 Å². The van der Waals surface area contributed by atoms with Crippen molar-refractivity contribution in [3.8, 4) is 0 Å². The van der Waals surface area contributed by atoms with E-state index >= 15 is 0 Å². The van der Waals surface area contributed by atoms with Gasteiger partial charge in [-0.3, -0.25) is 4.79 Å². The first-order valence-corrected chi connectivity index (χ1v) is 10.8. The maximum atomic E-state index is 11.9. The normalized spacial score (nSPS) is 27.1. The highest BCUT2D eigenvalue weighted by Crippen LogP contribution is 2.17. The van der Waals surface area contributed by atoms with E-state index in [-0.39, 0.29) is 18.6 Å². The summed E-state index contributed by atoms with van der Waals surface area (Å²) in [5.74, 6) is 1.44. The summed E-state index contributed by atoms with van der Waals surface area (Å²) in [5, 5.41) is 6.94. The number of carbonyl (C=O) groups excluding carboxylic acids is 1. The number of nitrogens with zero attached hydrogens (tertiary/aromatic N) is 3. The van der Waals surface area contributed by atoms with Gasteiger partial charge in [-0.05, 0) is 38.0 Å². The van der Waals surface area contributed by atoms with E-state index < -0.39 is 0 Å². The number of guanidine groups is 1. The number of rotatable bonds is 7. The first-order chi connectivity index (χ1) is 13.6. The molecule has 160 valence electrons. The molecule has 3 saturated heterocycles. The lowest BCUT2D eigenvalue weighted by Crippen LogP contribution is -2.50. The Morgan fingerprint density at radius 2 is 2.00 bits per heavy atom. The summed E-state index contributed by atoms with van der Waals surface area (Å²) in [6.07, 6.45) is 5.83. The molecule has 0 aromatic rings. The number of nitrogens with one attached hydrogen (secondary N) is 2. The second kappa shape index (κ2) is 11.0. The Kier molecular flexibility index (Phi) is 8.36. The molecule has 0 bridgehead atoms. The molecule has 2 atom stereocenters. The number of piperidine rings is 1. The van der Waals surface area contributed by atoms with Crippen molar-refractivity contribution in [3.05, 3.63) is 0 Å². The van der Waals surface area contributed by atoms with Gasteiger partial charge in [0.2, 0.25) is 5.91 Å². The maximum absolute atomic E-state index is 11.9. The van der Waals surface area contributed by atoms with Crippen molar-refractivity contribution >= 4 is 11.9 Å². The van der Waals surface area contributed by atoms with Crippen LogP contribution in [0.2, 0.25) is 0 Å². The Balaban J connectivity index is 1.45. The average molecular weight is 396 g/mol. The van der Waals surface area contributed by atoms with Gasteiger partial charge in [0.15, 0.2) is 5.96 Å². The molecule has 0 aromatic heterocycles. The highest BCUT2D eigenvalue weighted by Gasteiger charge is 2.24. The summed E-state index contributed by atoms with van der Waals surface area (Å²) in [4.78, 5) is 20.6. The molecule has 0 radical (unpaired) electrons. The van der Waals surface area contributed by atoms with Crippen molar-refractivity contribution in [2.24, 2.45) is 10.9 Å². The molecule has 3 heterocycles. The minimum atomic E-state index is 0.00631. The number of ether oxygens (including phenoxy) is 2. The van der Waals surface area contributed by atoms with Crippen molar-refractivity contribution in [2.45, 2.75) is 44.2 Å². The molecule has 2 unspecified atom stereocenters. The topological polar surface area (TPSA) is 78.4 Å². The maximum Gasteiger partial charge on any atom is 0.243 e. The summed E-state index contributed by atoms with van der Waals surface area (Å²) in [5.41, 5.74) is 0. The van der Waals surface area contributed by atoms with Gasteiger partial charge in [0, 0.05) is 59.5 Å². The Morgan fingerprint density at radius 1 is 1.18 bits per heavy atom. The van der Waals surface area contributed by atoms with Gasteiger partial charge in [-0.1, -0.05) is 0 Å². The fourth-order valence-electron chi connectivity index (χ4n) is 4.00. The molecule has 1 amide bonds. The van der Waals surface area contributed by atoms with Gasteiger partial charge >= 0.3 is 0 Å². The second-order valence-corrected chi connectivity index (χ2v) is 8.42. The van der Waals surface area contributed by atoms with Gasteiger partial charge in [-0.2, -0.15) is 0 Å². The lowest BCUT2D eigenvalue weighted by atomic mass is 10.0. The zero-order valence-electron chi connectivity index (χ0n) is 17.5. The molecule has 3 aliphatic rings. The minimum absolute atomic E-state index is 0.00631. The van der Waals surface area contributed by atoms with Crippen LogP contribution in [0.25, 0.3) is 0 Å². The molecule has 8 nitrogen and oxygen atoms in total. The molecular weight excluding hydrogens is 358 g/mol. The third-order valence-corrected chi connectivity index (χ3v) is 5.86. The molecule has 3 rings (SSSR count). The summed E-state index contributed by atoms with van der Waals surface area (Å²) in [7, 11) is 3.52. The van der Waals surface area contributed by atoms with Crippen molar-refractivity contribution in [1.29, 1.82) is 0 Å². The van der Waals surface area contributed by atoms with E-state index in [1.54, 1.807) is 19.0 Å². The highest BCUT2D eigenvalue weighted by molar-refractivity contribution is 5.84. The Hall–Kier alpha value is -1.38. The molecule has 8 heteroatoms. The Morgan fingerprint density at radius 3 is 2.64 bits per heavy atom. The number of hydrogen-bond acceptors (Lipinski definition) is 5. The molecular formula is C20H37N5O3. The van der Waals surface area contributed by atoms with E-state index in [1.807, 2.05) is 0 Å². The van der Waals surface area contributed by atoms with Crippen molar-refractivity contribution in [1.82, 2.24) is 20.4 Å². The molecule has 3 fully saturated rings. The third-order valence-electron chi connectivity index (χ3n) is 5.86. The SMILES string of the molecule is CN(C)C(=O)CN=C(NCC1CCCO1)NC1CCN(CC2CCOC2)CC1. The van der Waals surface area contributed by atoms with Gasteiger partial charge in [0.05, 0.1) is 12.7 Å². The second-order valence-electron chi connectivity index (χ2n) is 8.42. The van der Waals surface area contributed by atoms with E-state index in [9.17, 15) is 4.79 Å². The molecule has 3 aliphatic heterocycles. The largest absolute Gasteiger partial charge is 0.381 e. The predicted molar refractivity (Wildman–Crippen MR) is 109 cm³/mol. The van der Waals surface area contributed by atoms with E-state index in [0.717, 1.165) is 77.6 Å². The standard InChI is InChI=1S/C20H37N5O3/c1-24(2)19(26)13-22-20(21-12-18-4-3-10-28-18)23-17-5-8-25(9-6-17)14-16-7-11-27-15-16/h16-18H,3-15H2,1-2H3,(H2,21,22,23). The van der Waals surface area contributed by atoms with E-state index in [2.05, 4.69) is 20.5 Å². The van der Waals surface area contributed by atoms with E-state index in [1.165, 1.54) is 6.42 Å². The van der Waals surface area contributed by atoms with Crippen molar-refractivity contribution < 1.29 is 14.3 Å². The summed E-state index contributed by atoms with van der Waals surface area (Å²) < 4.78 is 11.2. The van der Waals surface area contributed by atoms with Crippen LogP contribution < -0.4 is 10.6 Å². The first-order valence-electron chi connectivity index (χ1n) is 10.8. The monoisotopic (exact) mass is 395 g/mol. The molecule has 0 saturated carbocycles. The van der Waals surface area contributed by atoms with Gasteiger partial charge in [-0.15, -0.1) is 0 Å². The van der Waals surface area contributed by atoms with Crippen LogP contribution in [0, 0.1) is 5.92 Å². The van der Waals surface area contributed by atoms with Crippen LogP contribution in [-0.4, -0.2) is 100 Å². The van der Waals surface area contributed by atoms with Gasteiger partial charge in [0.1, 0.15) is 6.54 Å². The number of hydrogen-bond donors (Lipinski definition) is 2. The lowest BCUT2D eigenvalue weighted by molar-refractivity contribution is -0.127. The molecule has 0 spiro atoms. The average Bonchev–Trinajstić information content (AvgIpc) is 3.39. The first kappa shape index (κ1) is 21.3. The van der Waals surface area contributed by atoms with Crippen LogP contribution in [0.1, 0.15) is 32.1 Å². The summed E-state index contributed by atoms with van der Waals surface area (Å²) in [6.45, 7) is 6.94. The third kappa shape index (κ3) is 6.90. The number of amides is 1. The van der Waals surface area contributed by atoms with Crippen LogP contribution in [0.15, 0.2) is 4.99 Å². The minimum Gasteiger partial charge on any atom is -0.381 e. The summed E-state index contributed by atoms with van der Waals surface area (Å²) in [6, 6.07) is 0.390. The van der Waals surface area contributed by atoms with Crippen LogP contribution in [0.5, 0.6) is 0 Å². The number of aliphatic imine (C=N–C) groups is 1. The number of likely N-dealkylation sites (tertiary alicyclic amines) is 1. The van der Waals surface area contributed by atoms with Crippen molar-refractivity contribution in [3.63, 3.8) is 0 Å². The zero-order chi connectivity index (χ0) is 19.8. The Labute approximate surface area is 169 Å². The quantitative estimate of drug-likeness (QED) is 0.477. The highest BCUT2D eigenvalue weighted by atomic mass is 16.5. The Bertz CT molecular complexity index is 508. The molecule has 0 aliphatic carbocycles. The predicted octanol–water partition coefficient (Wildman–Crippen LogP) is 0.290. The van der Waals surface area contributed by atoms with Crippen LogP contribution in [0.3, 0.4) is 0 Å². The van der Waals surface area contributed by atoms with Gasteiger partial charge < -0.3 is 29.9 Å². The van der Waals surface area contributed by atoms with Crippen LogP contribution in [0.4, 0.5) is 0 Å². The lowest BCUT2D eigenvalue weighted by Gasteiger charge is -2.34. The van der Waals surface area contributed by atoms with E-state index in [4.69, 9.17) is 9.47 Å². The van der Waals surface area contributed by atoms with Crippen molar-refractivity contribution in [2.75, 3.05) is 66.6 Å².